The highest BCUT2D eigenvalue weighted by Crippen LogP contribution is 2.29. The van der Waals surface area contributed by atoms with Crippen molar-refractivity contribution in [2.75, 3.05) is 13.2 Å². The molecule has 7 nitrogen and oxygen atoms in total. The van der Waals surface area contributed by atoms with E-state index in [1.807, 2.05) is 13.8 Å². The van der Waals surface area contributed by atoms with Crippen LogP contribution in [-0.4, -0.2) is 39.5 Å². The van der Waals surface area contributed by atoms with Gasteiger partial charge in [0.15, 0.2) is 6.61 Å². The fourth-order valence-corrected chi connectivity index (χ4v) is 5.30. The van der Waals surface area contributed by atoms with Gasteiger partial charge >= 0.3 is 5.97 Å². The first-order chi connectivity index (χ1) is 14.0. The quantitative estimate of drug-likeness (QED) is 0.553. The first kappa shape index (κ1) is 24.9. The van der Waals surface area contributed by atoms with Crippen LogP contribution in [-0.2, 0) is 19.6 Å². The van der Waals surface area contributed by atoms with Crippen LogP contribution in [0.15, 0.2) is 17.0 Å². The van der Waals surface area contributed by atoms with Crippen molar-refractivity contribution in [1.29, 1.82) is 0 Å². The van der Waals surface area contributed by atoms with Gasteiger partial charge in [0.05, 0.1) is 15.6 Å². The fourth-order valence-electron chi connectivity index (χ4n) is 3.23. The fraction of sp³-hybridized carbons (Fsp3) is 0.600. The average Bonchev–Trinajstić information content (AvgIpc) is 2.66. The molecule has 1 aromatic rings. The van der Waals surface area contributed by atoms with E-state index in [0.717, 1.165) is 31.7 Å². The van der Waals surface area contributed by atoms with Gasteiger partial charge in [-0.05, 0) is 36.8 Å². The summed E-state index contributed by atoms with van der Waals surface area (Å²) >= 11 is 12.1. The van der Waals surface area contributed by atoms with Gasteiger partial charge in [0.1, 0.15) is 4.90 Å². The molecule has 0 saturated heterocycles. The molecule has 1 amide bonds. The lowest BCUT2D eigenvalue weighted by molar-refractivity contribution is -0.125. The summed E-state index contributed by atoms with van der Waals surface area (Å²) in [7, 11) is -3.94. The van der Waals surface area contributed by atoms with Crippen LogP contribution in [0, 0.1) is 11.8 Å². The molecule has 0 aliphatic heterocycles. The van der Waals surface area contributed by atoms with Gasteiger partial charge in [0.2, 0.25) is 10.0 Å². The summed E-state index contributed by atoms with van der Waals surface area (Å²) < 4.78 is 32.5. The Morgan fingerprint density at radius 1 is 1.17 bits per heavy atom. The molecular formula is C20H28Cl2N2O5S. The molecule has 2 atom stereocenters. The number of rotatable bonds is 8. The highest BCUT2D eigenvalue weighted by atomic mass is 35.5. The molecule has 0 radical (unpaired) electrons. The Labute approximate surface area is 187 Å². The van der Waals surface area contributed by atoms with Crippen LogP contribution in [0.25, 0.3) is 0 Å². The Morgan fingerprint density at radius 2 is 1.83 bits per heavy atom. The SMILES string of the molecule is CC(C)CNS(=O)(=O)c1cc(C(=O)OCC(=O)NC2CCCCC2C)c(Cl)cc1Cl. The predicted molar refractivity (Wildman–Crippen MR) is 116 cm³/mol. The zero-order chi connectivity index (χ0) is 22.5. The summed E-state index contributed by atoms with van der Waals surface area (Å²) in [6.07, 6.45) is 4.15. The number of halogens is 2. The lowest BCUT2D eigenvalue weighted by atomic mass is 9.86. The molecule has 1 aliphatic carbocycles. The van der Waals surface area contributed by atoms with E-state index in [0.29, 0.717) is 5.92 Å². The van der Waals surface area contributed by atoms with E-state index in [-0.39, 0.29) is 39.0 Å². The third kappa shape index (κ3) is 6.83. The smallest absolute Gasteiger partial charge is 0.340 e. The molecule has 1 fully saturated rings. The van der Waals surface area contributed by atoms with E-state index < -0.39 is 28.5 Å². The van der Waals surface area contributed by atoms with Gasteiger partial charge < -0.3 is 10.1 Å². The van der Waals surface area contributed by atoms with E-state index in [1.54, 1.807) is 0 Å². The Bertz CT molecular complexity index is 889. The number of carbonyl (C=O) groups excluding carboxylic acids is 2. The van der Waals surface area contributed by atoms with Crippen LogP contribution in [0.1, 0.15) is 56.8 Å². The number of hydrogen-bond donors (Lipinski definition) is 2. The topological polar surface area (TPSA) is 102 Å². The summed E-state index contributed by atoms with van der Waals surface area (Å²) in [6, 6.07) is 2.30. The second-order valence-corrected chi connectivity index (χ2v) is 10.6. The monoisotopic (exact) mass is 478 g/mol. The van der Waals surface area contributed by atoms with Crippen molar-refractivity contribution < 1.29 is 22.7 Å². The lowest BCUT2D eigenvalue weighted by Crippen LogP contribution is -2.42. The summed E-state index contributed by atoms with van der Waals surface area (Å²) in [5.74, 6) is -0.849. The minimum Gasteiger partial charge on any atom is -0.452 e. The summed E-state index contributed by atoms with van der Waals surface area (Å²) in [4.78, 5) is 24.3. The number of esters is 1. The van der Waals surface area contributed by atoms with Crippen LogP contribution >= 0.6 is 23.2 Å². The molecule has 1 aromatic carbocycles. The maximum absolute atomic E-state index is 12.5. The maximum Gasteiger partial charge on any atom is 0.340 e. The first-order valence-corrected chi connectivity index (χ1v) is 12.2. The van der Waals surface area contributed by atoms with E-state index in [9.17, 15) is 18.0 Å². The van der Waals surface area contributed by atoms with Crippen molar-refractivity contribution in [2.24, 2.45) is 11.8 Å². The molecule has 10 heteroatoms. The first-order valence-electron chi connectivity index (χ1n) is 9.96. The third-order valence-electron chi connectivity index (χ3n) is 5.00. The molecule has 2 N–H and O–H groups in total. The van der Waals surface area contributed by atoms with Crippen molar-refractivity contribution in [2.45, 2.75) is 57.4 Å². The van der Waals surface area contributed by atoms with E-state index in [2.05, 4.69) is 17.0 Å². The van der Waals surface area contributed by atoms with Gasteiger partial charge in [-0.3, -0.25) is 4.79 Å². The number of sulfonamides is 1. The molecular weight excluding hydrogens is 451 g/mol. The van der Waals surface area contributed by atoms with Gasteiger partial charge in [0.25, 0.3) is 5.91 Å². The molecule has 2 unspecified atom stereocenters. The number of ether oxygens (including phenoxy) is 1. The normalized spacial score (nSPS) is 19.5. The van der Waals surface area contributed by atoms with E-state index >= 15 is 0 Å². The summed E-state index contributed by atoms with van der Waals surface area (Å²) in [5.41, 5.74) is -0.176. The Kier molecular flexibility index (Phi) is 8.97. The number of carbonyl (C=O) groups is 2. The minimum absolute atomic E-state index is 0.0610. The Hall–Kier alpha value is -1.35. The van der Waals surface area contributed by atoms with Crippen LogP contribution < -0.4 is 10.0 Å². The number of hydrogen-bond acceptors (Lipinski definition) is 5. The van der Waals surface area contributed by atoms with E-state index in [4.69, 9.17) is 27.9 Å². The molecule has 1 aliphatic rings. The van der Waals surface area contributed by atoms with Gasteiger partial charge in [-0.1, -0.05) is 56.8 Å². The van der Waals surface area contributed by atoms with Gasteiger partial charge in [0, 0.05) is 12.6 Å². The van der Waals surface area contributed by atoms with Crippen LogP contribution in [0.3, 0.4) is 0 Å². The number of nitrogens with one attached hydrogen (secondary N) is 2. The van der Waals surface area contributed by atoms with Crippen LogP contribution in [0.5, 0.6) is 0 Å². The standard InChI is InChI=1S/C20H28Cl2N2O5S/c1-12(2)10-23-30(27,28)18-8-14(15(21)9-16(18)22)20(26)29-11-19(25)24-17-7-5-4-6-13(17)3/h8-9,12-13,17,23H,4-7,10-11H2,1-3H3,(H,24,25). The highest BCUT2D eigenvalue weighted by Gasteiger charge is 2.25. The minimum atomic E-state index is -3.94. The average molecular weight is 479 g/mol. The molecule has 0 heterocycles. The molecule has 168 valence electrons. The van der Waals surface area contributed by atoms with Crippen molar-refractivity contribution in [1.82, 2.24) is 10.0 Å². The van der Waals surface area contributed by atoms with Crippen LogP contribution in [0.4, 0.5) is 0 Å². The zero-order valence-electron chi connectivity index (χ0n) is 17.3. The van der Waals surface area contributed by atoms with Gasteiger partial charge in [-0.2, -0.15) is 0 Å². The molecule has 30 heavy (non-hydrogen) atoms. The van der Waals surface area contributed by atoms with Crippen molar-refractivity contribution >= 4 is 45.1 Å². The molecule has 0 spiro atoms. The molecule has 0 aromatic heterocycles. The predicted octanol–water partition coefficient (Wildman–Crippen LogP) is 3.78. The third-order valence-corrected chi connectivity index (χ3v) is 7.21. The van der Waals surface area contributed by atoms with Crippen molar-refractivity contribution in [3.8, 4) is 0 Å². The Morgan fingerprint density at radius 3 is 2.47 bits per heavy atom. The Balaban J connectivity index is 2.07. The molecule has 1 saturated carbocycles. The van der Waals surface area contributed by atoms with Crippen molar-refractivity contribution in [3.63, 3.8) is 0 Å². The summed E-state index contributed by atoms with van der Waals surface area (Å²) in [6.45, 7) is 5.52. The number of amides is 1. The van der Waals surface area contributed by atoms with E-state index in [1.165, 1.54) is 6.07 Å². The molecule has 0 bridgehead atoms. The van der Waals surface area contributed by atoms with Crippen molar-refractivity contribution in [3.05, 3.63) is 27.7 Å². The maximum atomic E-state index is 12.5. The number of benzene rings is 1. The van der Waals surface area contributed by atoms with Crippen LogP contribution in [0.2, 0.25) is 10.0 Å². The zero-order valence-corrected chi connectivity index (χ0v) is 19.7. The highest BCUT2D eigenvalue weighted by molar-refractivity contribution is 7.89. The second-order valence-electron chi connectivity index (χ2n) is 8.02. The van der Waals surface area contributed by atoms with Gasteiger partial charge in [-0.15, -0.1) is 0 Å². The second kappa shape index (κ2) is 10.8. The molecule has 2 rings (SSSR count). The summed E-state index contributed by atoms with van der Waals surface area (Å²) in [5, 5.41) is 2.71. The lowest BCUT2D eigenvalue weighted by Gasteiger charge is -2.29. The van der Waals surface area contributed by atoms with Gasteiger partial charge in [-0.25, -0.2) is 17.9 Å². The largest absolute Gasteiger partial charge is 0.452 e.